The lowest BCUT2D eigenvalue weighted by molar-refractivity contribution is -0.0850. The summed E-state index contributed by atoms with van der Waals surface area (Å²) in [5, 5.41) is 10.8. The predicted molar refractivity (Wildman–Crippen MR) is 99.9 cm³/mol. The molecule has 146 valence electrons. The van der Waals surface area contributed by atoms with E-state index in [1.807, 2.05) is 6.08 Å². The summed E-state index contributed by atoms with van der Waals surface area (Å²) in [5.41, 5.74) is 3.51. The Morgan fingerprint density at radius 1 is 1.26 bits per heavy atom. The number of benzene rings is 1. The summed E-state index contributed by atoms with van der Waals surface area (Å²) in [6, 6.07) is 2.41. The number of aryl methyl sites for hydroxylation is 1. The zero-order chi connectivity index (χ0) is 18.9. The van der Waals surface area contributed by atoms with Gasteiger partial charge in [-0.3, -0.25) is 4.90 Å². The molecule has 2 aliphatic heterocycles. The molecular weight excluding hydrogens is 346 g/mol. The van der Waals surface area contributed by atoms with Crippen molar-refractivity contribution in [3.8, 4) is 17.2 Å². The second-order valence-corrected chi connectivity index (χ2v) is 8.08. The van der Waals surface area contributed by atoms with E-state index in [2.05, 4.69) is 18.0 Å². The lowest BCUT2D eigenvalue weighted by atomic mass is 9.60. The zero-order valence-electron chi connectivity index (χ0n) is 16.3. The summed E-state index contributed by atoms with van der Waals surface area (Å²) in [7, 11) is 7.14. The molecule has 2 bridgehead atoms. The van der Waals surface area contributed by atoms with Gasteiger partial charge in [0.15, 0.2) is 11.5 Å². The highest BCUT2D eigenvalue weighted by Gasteiger charge is 2.63. The second-order valence-electron chi connectivity index (χ2n) is 8.08. The molecule has 0 radical (unpaired) electrons. The molecule has 0 saturated carbocycles. The summed E-state index contributed by atoms with van der Waals surface area (Å²) in [6.45, 7) is 0.988. The second kappa shape index (κ2) is 5.87. The molecule has 6 nitrogen and oxygen atoms in total. The van der Waals surface area contributed by atoms with Crippen molar-refractivity contribution in [3.63, 3.8) is 0 Å². The fourth-order valence-electron chi connectivity index (χ4n) is 5.94. The summed E-state index contributed by atoms with van der Waals surface area (Å²) >= 11 is 0. The highest BCUT2D eigenvalue weighted by Crippen LogP contribution is 2.63. The van der Waals surface area contributed by atoms with Crippen molar-refractivity contribution < 1.29 is 24.1 Å². The highest BCUT2D eigenvalue weighted by molar-refractivity contribution is 5.68. The summed E-state index contributed by atoms with van der Waals surface area (Å²) in [5.74, 6) is 2.11. The Balaban J connectivity index is 1.84. The van der Waals surface area contributed by atoms with Crippen molar-refractivity contribution in [2.24, 2.45) is 0 Å². The van der Waals surface area contributed by atoms with Crippen LogP contribution in [0.15, 0.2) is 17.7 Å². The van der Waals surface area contributed by atoms with Gasteiger partial charge in [0.05, 0.1) is 19.6 Å². The maximum absolute atomic E-state index is 10.8. The number of nitrogens with zero attached hydrogens (tertiary/aromatic N) is 1. The smallest absolute Gasteiger partial charge is 0.203 e. The van der Waals surface area contributed by atoms with Gasteiger partial charge in [-0.2, -0.15) is 0 Å². The quantitative estimate of drug-likeness (QED) is 0.814. The number of ether oxygens (including phenoxy) is 4. The molecule has 1 N–H and O–H groups in total. The SMILES string of the molecule is COc1cc2c3c(c1OC)O[C@@H]1[C@@H](OC)[C@@H](O)C=C4[C@@H](CC2)N(C)CC[C@@]431. The van der Waals surface area contributed by atoms with Crippen LogP contribution in [-0.2, 0) is 16.6 Å². The van der Waals surface area contributed by atoms with Crippen LogP contribution in [0.3, 0.4) is 0 Å². The van der Waals surface area contributed by atoms with Crippen molar-refractivity contribution in [2.45, 2.75) is 49.0 Å². The van der Waals surface area contributed by atoms with E-state index in [0.717, 1.165) is 31.6 Å². The molecule has 1 aromatic carbocycles. The van der Waals surface area contributed by atoms with Gasteiger partial charge in [-0.1, -0.05) is 6.08 Å². The first kappa shape index (κ1) is 17.3. The first-order valence-corrected chi connectivity index (χ1v) is 9.65. The molecule has 5 rings (SSSR count). The van der Waals surface area contributed by atoms with Crippen molar-refractivity contribution in [1.82, 2.24) is 4.90 Å². The van der Waals surface area contributed by atoms with Gasteiger partial charge >= 0.3 is 0 Å². The van der Waals surface area contributed by atoms with Gasteiger partial charge in [0.25, 0.3) is 0 Å². The Labute approximate surface area is 159 Å². The molecule has 5 atom stereocenters. The third-order valence-electron chi connectivity index (χ3n) is 7.09. The van der Waals surface area contributed by atoms with Crippen LogP contribution in [0.4, 0.5) is 0 Å². The van der Waals surface area contributed by atoms with Crippen LogP contribution in [-0.4, -0.2) is 69.3 Å². The van der Waals surface area contributed by atoms with E-state index in [-0.39, 0.29) is 11.5 Å². The van der Waals surface area contributed by atoms with Crippen LogP contribution in [0.1, 0.15) is 24.0 Å². The molecule has 1 fully saturated rings. The molecule has 1 saturated heterocycles. The van der Waals surface area contributed by atoms with E-state index >= 15 is 0 Å². The molecule has 0 aromatic heterocycles. The van der Waals surface area contributed by atoms with Gasteiger partial charge in [0.2, 0.25) is 5.75 Å². The zero-order valence-corrected chi connectivity index (χ0v) is 16.3. The number of aliphatic hydroxyl groups is 1. The molecule has 27 heavy (non-hydrogen) atoms. The van der Waals surface area contributed by atoms with Gasteiger partial charge in [-0.25, -0.2) is 0 Å². The van der Waals surface area contributed by atoms with Crippen LogP contribution in [0.2, 0.25) is 0 Å². The van der Waals surface area contributed by atoms with Gasteiger partial charge in [0, 0.05) is 18.7 Å². The topological polar surface area (TPSA) is 60.4 Å². The fourth-order valence-corrected chi connectivity index (χ4v) is 5.94. The fraction of sp³-hybridized carbons (Fsp3) is 0.619. The highest BCUT2D eigenvalue weighted by atomic mass is 16.6. The average Bonchev–Trinajstić information content (AvgIpc) is 2.95. The molecule has 0 unspecified atom stereocenters. The van der Waals surface area contributed by atoms with E-state index in [1.54, 1.807) is 21.3 Å². The minimum atomic E-state index is -0.680. The lowest BCUT2D eigenvalue weighted by Gasteiger charge is -2.51. The van der Waals surface area contributed by atoms with Crippen LogP contribution in [0, 0.1) is 0 Å². The average molecular weight is 373 g/mol. The number of rotatable bonds is 3. The van der Waals surface area contributed by atoms with E-state index in [4.69, 9.17) is 18.9 Å². The van der Waals surface area contributed by atoms with Crippen LogP contribution in [0.5, 0.6) is 17.2 Å². The van der Waals surface area contributed by atoms with Crippen molar-refractivity contribution in [1.29, 1.82) is 0 Å². The van der Waals surface area contributed by atoms with Crippen molar-refractivity contribution in [2.75, 3.05) is 34.9 Å². The van der Waals surface area contributed by atoms with Crippen LogP contribution >= 0.6 is 0 Å². The largest absolute Gasteiger partial charge is 0.493 e. The van der Waals surface area contributed by atoms with Crippen LogP contribution < -0.4 is 14.2 Å². The Kier molecular flexibility index (Phi) is 3.77. The monoisotopic (exact) mass is 373 g/mol. The van der Waals surface area contributed by atoms with Crippen molar-refractivity contribution in [3.05, 3.63) is 28.8 Å². The molecular formula is C21H27NO5. The minimum Gasteiger partial charge on any atom is -0.493 e. The molecule has 1 spiro atoms. The Morgan fingerprint density at radius 3 is 2.78 bits per heavy atom. The third kappa shape index (κ3) is 2.01. The molecule has 2 heterocycles. The minimum absolute atomic E-state index is 0.262. The number of hydrogen-bond donors (Lipinski definition) is 1. The Bertz CT molecular complexity index is 821. The number of methoxy groups -OCH3 is 3. The maximum atomic E-state index is 10.8. The molecule has 6 heteroatoms. The summed E-state index contributed by atoms with van der Waals surface area (Å²) < 4.78 is 23.6. The number of likely N-dealkylation sites (tertiary alicyclic amines) is 1. The number of hydrogen-bond acceptors (Lipinski definition) is 6. The predicted octanol–water partition coefficient (Wildman–Crippen LogP) is 1.67. The van der Waals surface area contributed by atoms with Gasteiger partial charge < -0.3 is 24.1 Å². The van der Waals surface area contributed by atoms with E-state index < -0.39 is 12.2 Å². The number of likely N-dealkylation sites (N-methyl/N-ethyl adjacent to an activating group) is 1. The normalized spacial score (nSPS) is 36.4. The first-order chi connectivity index (χ1) is 13.1. The Hall–Kier alpha value is -1.76. The van der Waals surface area contributed by atoms with Gasteiger partial charge in [0.1, 0.15) is 18.3 Å². The first-order valence-electron chi connectivity index (χ1n) is 9.65. The molecule has 1 aromatic rings. The Morgan fingerprint density at radius 2 is 2.07 bits per heavy atom. The van der Waals surface area contributed by atoms with Gasteiger partial charge in [-0.15, -0.1) is 0 Å². The van der Waals surface area contributed by atoms with Crippen LogP contribution in [0.25, 0.3) is 0 Å². The molecule has 4 aliphatic rings. The van der Waals surface area contributed by atoms with E-state index in [0.29, 0.717) is 17.5 Å². The maximum Gasteiger partial charge on any atom is 0.203 e. The molecule has 0 amide bonds. The number of piperidine rings is 1. The lowest BCUT2D eigenvalue weighted by Crippen LogP contribution is -2.61. The standard InChI is InChI=1S/C21H27NO5/c1-22-8-7-21-12-10-14(23)17(25-3)20(21)27-19-16(21)11(5-6-13(12)22)9-15(24-2)18(19)26-4/h9-10,13-14,17,20,23H,5-8H2,1-4H3/t13-,14+,17+,20-,21-/m1/s1. The summed E-state index contributed by atoms with van der Waals surface area (Å²) in [6.07, 6.45) is 3.59. The third-order valence-corrected chi connectivity index (χ3v) is 7.09. The number of aliphatic hydroxyl groups excluding tert-OH is 1. The molecule has 2 aliphatic carbocycles. The van der Waals surface area contributed by atoms with Crippen molar-refractivity contribution >= 4 is 0 Å². The summed E-state index contributed by atoms with van der Waals surface area (Å²) in [4.78, 5) is 2.41. The van der Waals surface area contributed by atoms with E-state index in [9.17, 15) is 5.11 Å². The van der Waals surface area contributed by atoms with Gasteiger partial charge in [-0.05, 0) is 50.1 Å². The van der Waals surface area contributed by atoms with E-state index in [1.165, 1.54) is 16.7 Å².